The molecule has 2 aromatic rings. The first-order valence-corrected chi connectivity index (χ1v) is 5.93. The highest BCUT2D eigenvalue weighted by molar-refractivity contribution is 5.35. The van der Waals surface area contributed by atoms with Crippen LogP contribution in [0.2, 0.25) is 0 Å². The fourth-order valence-electron chi connectivity index (χ4n) is 1.67. The monoisotopic (exact) mass is 262 g/mol. The minimum atomic E-state index is -0.427. The van der Waals surface area contributed by atoms with E-state index >= 15 is 0 Å². The van der Waals surface area contributed by atoms with E-state index in [1.54, 1.807) is 12.1 Å². The number of hydrogen-bond acceptors (Lipinski definition) is 6. The van der Waals surface area contributed by atoms with E-state index in [4.69, 9.17) is 10.2 Å². The van der Waals surface area contributed by atoms with Gasteiger partial charge in [-0.3, -0.25) is 10.1 Å². The highest BCUT2D eigenvalue weighted by Crippen LogP contribution is 2.16. The van der Waals surface area contributed by atoms with Crippen LogP contribution in [0.4, 0.5) is 5.69 Å². The molecule has 0 amide bonds. The molecule has 19 heavy (non-hydrogen) atoms. The number of benzene rings is 1. The number of rotatable bonds is 6. The van der Waals surface area contributed by atoms with Gasteiger partial charge in [-0.2, -0.15) is 0 Å². The molecule has 0 saturated heterocycles. The van der Waals surface area contributed by atoms with Gasteiger partial charge in [0.25, 0.3) is 5.69 Å². The summed E-state index contributed by atoms with van der Waals surface area (Å²) in [5.74, 6) is 0.999. The van der Waals surface area contributed by atoms with Gasteiger partial charge >= 0.3 is 0 Å². The van der Waals surface area contributed by atoms with E-state index in [1.807, 2.05) is 0 Å². The molecule has 0 radical (unpaired) electrons. The molecular weight excluding hydrogens is 248 g/mol. The predicted molar refractivity (Wildman–Crippen MR) is 67.6 cm³/mol. The molecular formula is C12H14N4O3. The van der Waals surface area contributed by atoms with Gasteiger partial charge in [0, 0.05) is 18.6 Å². The average Bonchev–Trinajstić information content (AvgIpc) is 2.84. The third-order valence-corrected chi connectivity index (χ3v) is 2.58. The van der Waals surface area contributed by atoms with E-state index in [0.29, 0.717) is 31.2 Å². The number of aryl methyl sites for hydroxylation is 1. The van der Waals surface area contributed by atoms with Crippen molar-refractivity contribution >= 4 is 5.69 Å². The van der Waals surface area contributed by atoms with Crippen LogP contribution in [0.25, 0.3) is 0 Å². The predicted octanol–water partition coefficient (Wildman–Crippen LogP) is 1.46. The Hall–Kier alpha value is -2.28. The van der Waals surface area contributed by atoms with E-state index in [2.05, 4.69) is 10.2 Å². The lowest BCUT2D eigenvalue weighted by atomic mass is 10.1. The fourth-order valence-corrected chi connectivity index (χ4v) is 1.67. The minimum Gasteiger partial charge on any atom is -0.425 e. The van der Waals surface area contributed by atoms with Crippen molar-refractivity contribution in [3.63, 3.8) is 0 Å². The van der Waals surface area contributed by atoms with Gasteiger partial charge in [-0.15, -0.1) is 10.2 Å². The molecule has 0 bridgehead atoms. The summed E-state index contributed by atoms with van der Waals surface area (Å²) >= 11 is 0. The van der Waals surface area contributed by atoms with E-state index in [0.717, 1.165) is 12.0 Å². The lowest BCUT2D eigenvalue weighted by Crippen LogP contribution is -2.00. The van der Waals surface area contributed by atoms with Crippen LogP contribution in [0, 0.1) is 10.1 Å². The van der Waals surface area contributed by atoms with Crippen molar-refractivity contribution in [1.29, 1.82) is 0 Å². The third kappa shape index (κ3) is 3.59. The van der Waals surface area contributed by atoms with Crippen molar-refractivity contribution in [3.8, 4) is 0 Å². The van der Waals surface area contributed by atoms with Crippen LogP contribution < -0.4 is 5.73 Å². The standard InChI is InChI=1S/C12H14N4O3/c13-6-2-5-11-14-15-12(19-11)8-9-3-1-4-10(7-9)16(17)18/h1,3-4,7H,2,5-6,8,13H2. The minimum absolute atomic E-state index is 0.0559. The molecule has 1 aromatic carbocycles. The Morgan fingerprint density at radius 1 is 1.32 bits per heavy atom. The fraction of sp³-hybridized carbons (Fsp3) is 0.333. The molecule has 0 atom stereocenters. The van der Waals surface area contributed by atoms with Crippen LogP contribution >= 0.6 is 0 Å². The van der Waals surface area contributed by atoms with Crippen molar-refractivity contribution in [2.45, 2.75) is 19.3 Å². The van der Waals surface area contributed by atoms with E-state index in [1.165, 1.54) is 12.1 Å². The Balaban J connectivity index is 2.06. The molecule has 2 rings (SSSR count). The normalized spacial score (nSPS) is 10.6. The molecule has 7 heteroatoms. The second-order valence-corrected chi connectivity index (χ2v) is 4.09. The third-order valence-electron chi connectivity index (χ3n) is 2.58. The van der Waals surface area contributed by atoms with Gasteiger partial charge in [-0.05, 0) is 18.5 Å². The molecule has 0 fully saturated rings. The number of nitro benzene ring substituents is 1. The number of hydrogen-bond donors (Lipinski definition) is 1. The van der Waals surface area contributed by atoms with Crippen molar-refractivity contribution in [1.82, 2.24) is 10.2 Å². The summed E-state index contributed by atoms with van der Waals surface area (Å²) in [4.78, 5) is 10.2. The van der Waals surface area contributed by atoms with Gasteiger partial charge in [0.2, 0.25) is 11.8 Å². The summed E-state index contributed by atoms with van der Waals surface area (Å²) in [6.45, 7) is 0.572. The number of nitrogens with two attached hydrogens (primary N) is 1. The van der Waals surface area contributed by atoms with Gasteiger partial charge in [0.05, 0.1) is 11.3 Å². The quantitative estimate of drug-likeness (QED) is 0.623. The van der Waals surface area contributed by atoms with Gasteiger partial charge in [0.15, 0.2) is 0 Å². The molecule has 2 N–H and O–H groups in total. The van der Waals surface area contributed by atoms with Crippen LogP contribution in [0.15, 0.2) is 28.7 Å². The van der Waals surface area contributed by atoms with Crippen LogP contribution in [0.5, 0.6) is 0 Å². The molecule has 1 aromatic heterocycles. The number of nitrogens with zero attached hydrogens (tertiary/aromatic N) is 3. The Kier molecular flexibility index (Phi) is 4.19. The molecule has 0 aliphatic heterocycles. The van der Waals surface area contributed by atoms with Gasteiger partial charge in [-0.25, -0.2) is 0 Å². The van der Waals surface area contributed by atoms with Crippen LogP contribution in [-0.2, 0) is 12.8 Å². The van der Waals surface area contributed by atoms with Crippen LogP contribution in [0.1, 0.15) is 23.8 Å². The zero-order valence-corrected chi connectivity index (χ0v) is 10.3. The van der Waals surface area contributed by atoms with Gasteiger partial charge < -0.3 is 10.2 Å². The average molecular weight is 262 g/mol. The summed E-state index contributed by atoms with van der Waals surface area (Å²) in [5, 5.41) is 18.5. The first kappa shape index (κ1) is 13.2. The SMILES string of the molecule is NCCCc1nnc(Cc2cccc([N+](=O)[O-])c2)o1. The lowest BCUT2D eigenvalue weighted by Gasteiger charge is -1.97. The van der Waals surface area contributed by atoms with E-state index < -0.39 is 4.92 Å². The maximum atomic E-state index is 10.7. The van der Waals surface area contributed by atoms with Crippen LogP contribution in [0.3, 0.4) is 0 Å². The zero-order valence-electron chi connectivity index (χ0n) is 10.3. The van der Waals surface area contributed by atoms with E-state index in [9.17, 15) is 10.1 Å². The first-order chi connectivity index (χ1) is 9.19. The molecule has 0 aliphatic rings. The smallest absolute Gasteiger partial charge is 0.269 e. The Morgan fingerprint density at radius 2 is 2.11 bits per heavy atom. The van der Waals surface area contributed by atoms with Crippen LogP contribution in [-0.4, -0.2) is 21.7 Å². The zero-order chi connectivity index (χ0) is 13.7. The first-order valence-electron chi connectivity index (χ1n) is 5.93. The highest BCUT2D eigenvalue weighted by atomic mass is 16.6. The largest absolute Gasteiger partial charge is 0.425 e. The van der Waals surface area contributed by atoms with E-state index in [-0.39, 0.29) is 5.69 Å². The molecule has 7 nitrogen and oxygen atoms in total. The summed E-state index contributed by atoms with van der Waals surface area (Å²) < 4.78 is 5.44. The summed E-state index contributed by atoms with van der Waals surface area (Å²) in [5.41, 5.74) is 6.22. The molecule has 1 heterocycles. The topological polar surface area (TPSA) is 108 Å². The number of nitro groups is 1. The molecule has 100 valence electrons. The number of non-ortho nitro benzene ring substituents is 1. The second kappa shape index (κ2) is 6.05. The maximum absolute atomic E-state index is 10.7. The van der Waals surface area contributed by atoms with Gasteiger partial charge in [0.1, 0.15) is 0 Å². The van der Waals surface area contributed by atoms with Crippen molar-refractivity contribution in [2.75, 3.05) is 6.54 Å². The molecule has 0 spiro atoms. The van der Waals surface area contributed by atoms with Crippen molar-refractivity contribution < 1.29 is 9.34 Å². The highest BCUT2D eigenvalue weighted by Gasteiger charge is 2.10. The summed E-state index contributed by atoms with van der Waals surface area (Å²) in [7, 11) is 0. The Morgan fingerprint density at radius 3 is 2.84 bits per heavy atom. The van der Waals surface area contributed by atoms with Crippen molar-refractivity contribution in [3.05, 3.63) is 51.7 Å². The molecule has 0 aliphatic carbocycles. The Labute approximate surface area is 109 Å². The Bertz CT molecular complexity index is 568. The molecule has 0 unspecified atom stereocenters. The number of aromatic nitrogens is 2. The molecule has 0 saturated carbocycles. The lowest BCUT2D eigenvalue weighted by molar-refractivity contribution is -0.384. The second-order valence-electron chi connectivity index (χ2n) is 4.09. The van der Waals surface area contributed by atoms with Gasteiger partial charge in [-0.1, -0.05) is 12.1 Å². The summed E-state index contributed by atoms with van der Waals surface area (Å²) in [6.07, 6.45) is 1.83. The van der Waals surface area contributed by atoms with Crippen molar-refractivity contribution in [2.24, 2.45) is 5.73 Å². The summed E-state index contributed by atoms with van der Waals surface area (Å²) in [6, 6.07) is 6.38. The maximum Gasteiger partial charge on any atom is 0.269 e.